The van der Waals surface area contributed by atoms with Crippen molar-refractivity contribution in [2.75, 3.05) is 37.8 Å². The number of aliphatic hydroxyl groups is 4. The minimum absolute atomic E-state index is 0.0554. The molecule has 1 aromatic carbocycles. The van der Waals surface area contributed by atoms with Gasteiger partial charge >= 0.3 is 5.97 Å². The number of anilines is 1. The predicted molar refractivity (Wildman–Crippen MR) is 80.8 cm³/mol. The van der Waals surface area contributed by atoms with Crippen LogP contribution in [-0.2, 0) is 4.74 Å². The topological polar surface area (TPSA) is 110 Å². The van der Waals surface area contributed by atoms with Gasteiger partial charge in [-0.2, -0.15) is 0 Å². The zero-order valence-corrected chi connectivity index (χ0v) is 12.6. The highest BCUT2D eigenvalue weighted by molar-refractivity contribution is 5.90. The smallest absolute Gasteiger partial charge is 0.338 e. The Balaban J connectivity index is 2.97. The van der Waals surface area contributed by atoms with Crippen LogP contribution in [0.3, 0.4) is 0 Å². The average Bonchev–Trinajstić information content (AvgIpc) is 2.54. The van der Waals surface area contributed by atoms with Gasteiger partial charge in [-0.05, 0) is 25.1 Å². The number of esters is 1. The van der Waals surface area contributed by atoms with Gasteiger partial charge in [-0.15, -0.1) is 0 Å². The number of rotatable bonds is 9. The summed E-state index contributed by atoms with van der Waals surface area (Å²) in [5.41, 5.74) is 0.923. The van der Waals surface area contributed by atoms with Crippen LogP contribution < -0.4 is 4.90 Å². The maximum Gasteiger partial charge on any atom is 0.338 e. The maximum atomic E-state index is 11.8. The van der Waals surface area contributed by atoms with Gasteiger partial charge in [0.2, 0.25) is 0 Å². The van der Waals surface area contributed by atoms with E-state index in [1.807, 2.05) is 0 Å². The number of nitrogens with zero attached hydrogens (tertiary/aromatic N) is 1. The predicted octanol–water partition coefficient (Wildman–Crippen LogP) is -0.624. The molecule has 0 spiro atoms. The second-order valence-electron chi connectivity index (χ2n) is 4.85. The zero-order valence-electron chi connectivity index (χ0n) is 12.6. The first-order valence-electron chi connectivity index (χ1n) is 7.11. The van der Waals surface area contributed by atoms with Gasteiger partial charge in [0, 0.05) is 18.8 Å². The van der Waals surface area contributed by atoms with Gasteiger partial charge in [0.25, 0.3) is 0 Å². The molecule has 0 saturated heterocycles. The molecular formula is C15H23NO6. The molecule has 0 heterocycles. The molecule has 22 heavy (non-hydrogen) atoms. The molecule has 0 aliphatic heterocycles. The molecule has 4 N–H and O–H groups in total. The van der Waals surface area contributed by atoms with E-state index < -0.39 is 31.4 Å². The summed E-state index contributed by atoms with van der Waals surface area (Å²) in [7, 11) is 0. The molecule has 0 aliphatic carbocycles. The summed E-state index contributed by atoms with van der Waals surface area (Å²) < 4.78 is 4.93. The summed E-state index contributed by atoms with van der Waals surface area (Å²) in [6.45, 7) is 1.23. The van der Waals surface area contributed by atoms with E-state index >= 15 is 0 Å². The van der Waals surface area contributed by atoms with Crippen LogP contribution in [0.25, 0.3) is 0 Å². The van der Waals surface area contributed by atoms with E-state index in [0.29, 0.717) is 11.3 Å². The highest BCUT2D eigenvalue weighted by Crippen LogP contribution is 2.18. The SMILES string of the molecule is CCOC(=O)c1cccc(N(CC(O)CO)CC(O)CO)c1. The first-order valence-corrected chi connectivity index (χ1v) is 7.11. The lowest BCUT2D eigenvalue weighted by molar-refractivity contribution is 0.0526. The summed E-state index contributed by atoms with van der Waals surface area (Å²) in [4.78, 5) is 13.3. The molecule has 124 valence electrons. The lowest BCUT2D eigenvalue weighted by atomic mass is 10.1. The van der Waals surface area contributed by atoms with Crippen molar-refractivity contribution in [1.29, 1.82) is 0 Å². The van der Waals surface area contributed by atoms with Crippen LogP contribution in [0.4, 0.5) is 5.69 Å². The van der Waals surface area contributed by atoms with Gasteiger partial charge in [-0.25, -0.2) is 4.79 Å². The van der Waals surface area contributed by atoms with Crippen LogP contribution in [-0.4, -0.2) is 71.5 Å². The van der Waals surface area contributed by atoms with Crippen molar-refractivity contribution in [3.8, 4) is 0 Å². The lowest BCUT2D eigenvalue weighted by Crippen LogP contribution is -2.40. The van der Waals surface area contributed by atoms with E-state index in [-0.39, 0.29) is 19.7 Å². The van der Waals surface area contributed by atoms with E-state index in [9.17, 15) is 15.0 Å². The number of aliphatic hydroxyl groups excluding tert-OH is 4. The van der Waals surface area contributed by atoms with Crippen molar-refractivity contribution in [2.45, 2.75) is 19.1 Å². The van der Waals surface area contributed by atoms with Gasteiger partial charge in [-0.3, -0.25) is 0 Å². The van der Waals surface area contributed by atoms with E-state index in [1.54, 1.807) is 36.1 Å². The van der Waals surface area contributed by atoms with Crippen molar-refractivity contribution >= 4 is 11.7 Å². The van der Waals surface area contributed by atoms with Gasteiger partial charge in [0.1, 0.15) is 0 Å². The fraction of sp³-hybridized carbons (Fsp3) is 0.533. The number of benzene rings is 1. The molecular weight excluding hydrogens is 290 g/mol. The van der Waals surface area contributed by atoms with Crippen LogP contribution in [0.5, 0.6) is 0 Å². The average molecular weight is 313 g/mol. The first-order chi connectivity index (χ1) is 10.5. The van der Waals surface area contributed by atoms with E-state index in [4.69, 9.17) is 14.9 Å². The number of hydrogen-bond donors (Lipinski definition) is 4. The third-order valence-electron chi connectivity index (χ3n) is 3.01. The van der Waals surface area contributed by atoms with Crippen molar-refractivity contribution in [1.82, 2.24) is 0 Å². The lowest BCUT2D eigenvalue weighted by Gasteiger charge is -2.28. The highest BCUT2D eigenvalue weighted by Gasteiger charge is 2.17. The van der Waals surface area contributed by atoms with Crippen LogP contribution >= 0.6 is 0 Å². The maximum absolute atomic E-state index is 11.8. The van der Waals surface area contributed by atoms with Crippen LogP contribution in [0, 0.1) is 0 Å². The van der Waals surface area contributed by atoms with E-state index in [2.05, 4.69) is 0 Å². The Kier molecular flexibility index (Phi) is 7.83. The third-order valence-corrected chi connectivity index (χ3v) is 3.01. The molecule has 1 rings (SSSR count). The molecule has 7 nitrogen and oxygen atoms in total. The minimum Gasteiger partial charge on any atom is -0.462 e. The quantitative estimate of drug-likeness (QED) is 0.450. The van der Waals surface area contributed by atoms with Gasteiger partial charge in [0.05, 0.1) is 37.6 Å². The third kappa shape index (κ3) is 5.61. The summed E-state index contributed by atoms with van der Waals surface area (Å²) in [6.07, 6.45) is -2.01. The Morgan fingerprint density at radius 2 is 1.77 bits per heavy atom. The molecule has 0 radical (unpaired) electrons. The van der Waals surface area contributed by atoms with E-state index in [0.717, 1.165) is 0 Å². The molecule has 0 aromatic heterocycles. The van der Waals surface area contributed by atoms with Crippen molar-refractivity contribution < 1.29 is 30.0 Å². The summed E-state index contributed by atoms with van der Waals surface area (Å²) in [5.74, 6) is -0.463. The highest BCUT2D eigenvalue weighted by atomic mass is 16.5. The number of carbonyl (C=O) groups excluding carboxylic acids is 1. The molecule has 7 heteroatoms. The monoisotopic (exact) mass is 313 g/mol. The standard InChI is InChI=1S/C15H23NO6/c1-2-22-15(21)11-4-3-5-12(6-11)16(7-13(19)9-17)8-14(20)10-18/h3-6,13-14,17-20H,2,7-10H2,1H3. The number of hydrogen-bond acceptors (Lipinski definition) is 7. The second kappa shape index (κ2) is 9.37. The second-order valence-corrected chi connectivity index (χ2v) is 4.85. The molecule has 0 fully saturated rings. The summed E-state index contributed by atoms with van der Waals surface area (Å²) in [6, 6.07) is 6.54. The Bertz CT molecular complexity index is 455. The summed E-state index contributed by atoms with van der Waals surface area (Å²) in [5, 5.41) is 37.2. The first kappa shape index (κ1) is 18.4. The van der Waals surface area contributed by atoms with Crippen molar-refractivity contribution in [2.24, 2.45) is 0 Å². The normalized spacial score (nSPS) is 13.5. The van der Waals surface area contributed by atoms with Crippen LogP contribution in [0.15, 0.2) is 24.3 Å². The molecule has 0 amide bonds. The molecule has 0 saturated carbocycles. The number of ether oxygens (including phenoxy) is 1. The zero-order chi connectivity index (χ0) is 16.5. The number of carbonyl (C=O) groups is 1. The van der Waals surface area contributed by atoms with Crippen LogP contribution in [0.1, 0.15) is 17.3 Å². The van der Waals surface area contributed by atoms with Crippen molar-refractivity contribution in [3.05, 3.63) is 29.8 Å². The van der Waals surface area contributed by atoms with E-state index in [1.165, 1.54) is 0 Å². The molecule has 0 aliphatic rings. The fourth-order valence-corrected chi connectivity index (χ4v) is 1.95. The minimum atomic E-state index is -1.00. The summed E-state index contributed by atoms with van der Waals surface area (Å²) >= 11 is 0. The Hall–Kier alpha value is -1.67. The largest absolute Gasteiger partial charge is 0.462 e. The fourth-order valence-electron chi connectivity index (χ4n) is 1.95. The van der Waals surface area contributed by atoms with Gasteiger partial charge < -0.3 is 30.1 Å². The Morgan fingerprint density at radius 3 is 2.27 bits per heavy atom. The molecule has 2 unspecified atom stereocenters. The molecule has 0 bridgehead atoms. The van der Waals surface area contributed by atoms with Crippen LogP contribution in [0.2, 0.25) is 0 Å². The molecule has 2 atom stereocenters. The van der Waals surface area contributed by atoms with Crippen molar-refractivity contribution in [3.63, 3.8) is 0 Å². The van der Waals surface area contributed by atoms with Gasteiger partial charge in [-0.1, -0.05) is 6.07 Å². The van der Waals surface area contributed by atoms with Gasteiger partial charge in [0.15, 0.2) is 0 Å². The Labute approximate surface area is 129 Å². The Morgan fingerprint density at radius 1 is 1.18 bits per heavy atom. The molecule has 1 aromatic rings.